The first kappa shape index (κ1) is 20.4. The van der Waals surface area contributed by atoms with E-state index in [2.05, 4.69) is 20.0 Å². The van der Waals surface area contributed by atoms with Gasteiger partial charge in [0, 0.05) is 18.2 Å². The maximum atomic E-state index is 13.1. The monoisotopic (exact) mass is 451 g/mol. The molecule has 0 radical (unpaired) electrons. The number of fused-ring (bicyclic) bond motifs is 1. The van der Waals surface area contributed by atoms with E-state index in [1.807, 2.05) is 42.5 Å². The molecule has 32 heavy (non-hydrogen) atoms. The molecule has 1 aliphatic rings. The number of aromatic nitrogens is 4. The van der Waals surface area contributed by atoms with Crippen LogP contribution in [0.5, 0.6) is 11.5 Å². The molecule has 0 saturated carbocycles. The molecule has 1 atom stereocenters. The van der Waals surface area contributed by atoms with Gasteiger partial charge in [-0.3, -0.25) is 4.79 Å². The molecule has 164 valence electrons. The molecule has 4 aromatic rings. The van der Waals surface area contributed by atoms with Crippen molar-refractivity contribution in [2.24, 2.45) is 0 Å². The molecule has 1 fully saturated rings. The normalized spacial score (nSPS) is 16.0. The molecule has 8 nitrogen and oxygen atoms in total. The zero-order chi connectivity index (χ0) is 22.2. The zero-order valence-corrected chi connectivity index (χ0v) is 18.5. The number of para-hydroxylation sites is 2. The van der Waals surface area contributed by atoms with Gasteiger partial charge in [-0.25, -0.2) is 4.98 Å². The van der Waals surface area contributed by atoms with Gasteiger partial charge in [0.1, 0.15) is 16.5 Å². The first-order valence-corrected chi connectivity index (χ1v) is 10.7. The highest BCUT2D eigenvalue weighted by molar-refractivity contribution is 6.33. The molecule has 1 aliphatic heterocycles. The second-order valence-corrected chi connectivity index (χ2v) is 7.98. The van der Waals surface area contributed by atoms with Crippen molar-refractivity contribution >= 4 is 28.3 Å². The van der Waals surface area contributed by atoms with Crippen molar-refractivity contribution in [2.45, 2.75) is 18.9 Å². The topological polar surface area (TPSA) is 85.3 Å². The van der Waals surface area contributed by atoms with Crippen LogP contribution in [0.4, 0.5) is 5.69 Å². The lowest BCUT2D eigenvalue weighted by Crippen LogP contribution is -2.29. The molecular formula is C23H22ClN5O3. The van der Waals surface area contributed by atoms with Crippen molar-refractivity contribution in [1.82, 2.24) is 19.7 Å². The van der Waals surface area contributed by atoms with Crippen LogP contribution >= 0.6 is 11.6 Å². The van der Waals surface area contributed by atoms with E-state index in [4.69, 9.17) is 21.1 Å². The summed E-state index contributed by atoms with van der Waals surface area (Å²) in [6, 6.07) is 13.3. The predicted molar refractivity (Wildman–Crippen MR) is 123 cm³/mol. The van der Waals surface area contributed by atoms with Gasteiger partial charge in [0.2, 0.25) is 5.95 Å². The number of H-pyrrole nitrogens is 1. The zero-order valence-electron chi connectivity index (χ0n) is 17.7. The Bertz CT molecular complexity index is 1320. The molecular weight excluding hydrogens is 430 g/mol. The number of ether oxygens (including phenoxy) is 2. The average molecular weight is 452 g/mol. The van der Waals surface area contributed by atoms with Crippen molar-refractivity contribution in [2.75, 3.05) is 25.7 Å². The van der Waals surface area contributed by atoms with Gasteiger partial charge < -0.3 is 19.4 Å². The summed E-state index contributed by atoms with van der Waals surface area (Å²) in [5.41, 5.74) is 2.77. The van der Waals surface area contributed by atoms with E-state index >= 15 is 0 Å². The molecule has 1 unspecified atom stereocenters. The fourth-order valence-corrected chi connectivity index (χ4v) is 4.52. The lowest BCUT2D eigenvalue weighted by Gasteiger charge is -2.28. The Morgan fingerprint density at radius 1 is 1.16 bits per heavy atom. The maximum absolute atomic E-state index is 13.1. The van der Waals surface area contributed by atoms with Crippen molar-refractivity contribution in [3.63, 3.8) is 0 Å². The highest BCUT2D eigenvalue weighted by Gasteiger charge is 2.31. The number of nitrogens with zero attached hydrogens (tertiary/aromatic N) is 4. The second kappa shape index (κ2) is 8.20. The van der Waals surface area contributed by atoms with Crippen LogP contribution in [-0.2, 0) is 0 Å². The number of hydrogen-bond donors (Lipinski definition) is 1. The summed E-state index contributed by atoms with van der Waals surface area (Å²) in [5.74, 6) is 1.80. The van der Waals surface area contributed by atoms with Gasteiger partial charge in [-0.15, -0.1) is 0 Å². The van der Waals surface area contributed by atoms with E-state index < -0.39 is 5.56 Å². The van der Waals surface area contributed by atoms with Crippen molar-refractivity contribution < 1.29 is 9.47 Å². The number of methoxy groups -OCH3 is 2. The quantitative estimate of drug-likeness (QED) is 0.491. The van der Waals surface area contributed by atoms with Gasteiger partial charge in [0.25, 0.3) is 5.56 Å². The van der Waals surface area contributed by atoms with Gasteiger partial charge in [-0.2, -0.15) is 9.78 Å². The summed E-state index contributed by atoms with van der Waals surface area (Å²) in [7, 11) is 3.26. The SMILES string of the molecule is COc1ccc(C2CCCN2c2cnn(-c3nc4ccccc4[nH]3)c(=O)c2Cl)c(OC)c1. The molecule has 1 N–H and O–H groups in total. The fourth-order valence-electron chi connectivity index (χ4n) is 4.29. The Morgan fingerprint density at radius 2 is 2.00 bits per heavy atom. The third kappa shape index (κ3) is 3.36. The second-order valence-electron chi connectivity index (χ2n) is 7.60. The molecule has 3 heterocycles. The Hall–Kier alpha value is -3.52. The standard InChI is InChI=1S/C23H22ClN5O3/c1-31-14-9-10-15(20(12-14)32-2)18-8-5-11-28(18)19-13-25-29(22(30)21(19)24)23-26-16-6-3-4-7-17(16)27-23/h3-4,6-7,9-10,12-13,18H,5,8,11H2,1-2H3,(H,26,27). The van der Waals surface area contributed by atoms with Crippen LogP contribution in [0.2, 0.25) is 5.02 Å². The van der Waals surface area contributed by atoms with E-state index in [1.54, 1.807) is 20.4 Å². The number of anilines is 1. The first-order chi connectivity index (χ1) is 15.6. The number of hydrogen-bond acceptors (Lipinski definition) is 6. The minimum Gasteiger partial charge on any atom is -0.497 e. The van der Waals surface area contributed by atoms with Crippen molar-refractivity contribution in [3.05, 3.63) is 69.6 Å². The van der Waals surface area contributed by atoms with Gasteiger partial charge in [0.05, 0.1) is 43.2 Å². The summed E-state index contributed by atoms with van der Waals surface area (Å²) in [4.78, 5) is 22.8. The Morgan fingerprint density at radius 3 is 2.78 bits per heavy atom. The third-order valence-electron chi connectivity index (χ3n) is 5.84. The molecule has 2 aromatic heterocycles. The summed E-state index contributed by atoms with van der Waals surface area (Å²) < 4.78 is 12.1. The molecule has 0 amide bonds. The van der Waals surface area contributed by atoms with E-state index in [9.17, 15) is 4.79 Å². The fraction of sp³-hybridized carbons (Fsp3) is 0.261. The van der Waals surface area contributed by atoms with Gasteiger partial charge >= 0.3 is 0 Å². The minimum absolute atomic E-state index is 0.0107. The number of benzene rings is 2. The lowest BCUT2D eigenvalue weighted by atomic mass is 10.0. The summed E-state index contributed by atoms with van der Waals surface area (Å²) >= 11 is 6.59. The van der Waals surface area contributed by atoms with E-state index in [0.717, 1.165) is 47.5 Å². The number of imidazole rings is 1. The molecule has 1 saturated heterocycles. The summed E-state index contributed by atoms with van der Waals surface area (Å²) in [6.45, 7) is 0.759. The predicted octanol–water partition coefficient (Wildman–Crippen LogP) is 4.12. The van der Waals surface area contributed by atoms with Crippen LogP contribution in [0.3, 0.4) is 0 Å². The van der Waals surface area contributed by atoms with Gasteiger partial charge in [-0.05, 0) is 37.1 Å². The summed E-state index contributed by atoms with van der Waals surface area (Å²) in [6.07, 6.45) is 3.50. The highest BCUT2D eigenvalue weighted by Crippen LogP contribution is 2.42. The smallest absolute Gasteiger partial charge is 0.295 e. The van der Waals surface area contributed by atoms with Crippen LogP contribution in [0.1, 0.15) is 24.4 Å². The molecule has 0 aliphatic carbocycles. The van der Waals surface area contributed by atoms with E-state index in [1.165, 1.54) is 4.68 Å². The first-order valence-electron chi connectivity index (χ1n) is 10.3. The lowest BCUT2D eigenvalue weighted by molar-refractivity contribution is 0.388. The molecule has 0 spiro atoms. The Kier molecular flexibility index (Phi) is 5.22. The minimum atomic E-state index is -0.421. The van der Waals surface area contributed by atoms with Gasteiger partial charge in [-0.1, -0.05) is 23.7 Å². The maximum Gasteiger partial charge on any atom is 0.295 e. The third-order valence-corrected chi connectivity index (χ3v) is 6.20. The molecule has 0 bridgehead atoms. The Labute approximate surface area is 189 Å². The number of halogens is 1. The number of aromatic amines is 1. The molecule has 2 aromatic carbocycles. The number of rotatable bonds is 5. The molecule has 9 heteroatoms. The van der Waals surface area contributed by atoms with Gasteiger partial charge in [0.15, 0.2) is 0 Å². The summed E-state index contributed by atoms with van der Waals surface area (Å²) in [5, 5.41) is 4.49. The highest BCUT2D eigenvalue weighted by atomic mass is 35.5. The van der Waals surface area contributed by atoms with Crippen LogP contribution in [0.15, 0.2) is 53.5 Å². The largest absolute Gasteiger partial charge is 0.497 e. The van der Waals surface area contributed by atoms with E-state index in [0.29, 0.717) is 11.6 Å². The van der Waals surface area contributed by atoms with Crippen LogP contribution < -0.4 is 19.9 Å². The number of nitrogens with one attached hydrogen (secondary N) is 1. The van der Waals surface area contributed by atoms with Crippen LogP contribution in [0.25, 0.3) is 17.0 Å². The van der Waals surface area contributed by atoms with Crippen molar-refractivity contribution in [1.29, 1.82) is 0 Å². The average Bonchev–Trinajstić information content (AvgIpc) is 3.47. The van der Waals surface area contributed by atoms with Crippen molar-refractivity contribution in [3.8, 4) is 17.4 Å². The van der Waals surface area contributed by atoms with Crippen LogP contribution in [0, 0.1) is 0 Å². The van der Waals surface area contributed by atoms with E-state index in [-0.39, 0.29) is 11.1 Å². The van der Waals surface area contributed by atoms with Crippen LogP contribution in [-0.4, -0.2) is 40.5 Å². The molecule has 5 rings (SSSR count). The Balaban J connectivity index is 1.53.